The fourth-order valence-corrected chi connectivity index (χ4v) is 5.77. The number of aliphatic hydroxyl groups is 1. The Labute approximate surface area is 273 Å². The van der Waals surface area contributed by atoms with E-state index in [4.69, 9.17) is 21.6 Å². The van der Waals surface area contributed by atoms with Gasteiger partial charge in [0.15, 0.2) is 29.6 Å². The van der Waals surface area contributed by atoms with Gasteiger partial charge >= 0.3 is 0 Å². The molecule has 1 atom stereocenters. The van der Waals surface area contributed by atoms with Crippen LogP contribution < -0.4 is 15.4 Å². The predicted octanol–water partition coefficient (Wildman–Crippen LogP) is 5.50. The van der Waals surface area contributed by atoms with E-state index in [1.54, 1.807) is 64.3 Å². The lowest BCUT2D eigenvalue weighted by molar-refractivity contribution is 0.0672. The molecule has 14 heteroatoms. The molecular formula is C33H29ClF2N8O3. The van der Waals surface area contributed by atoms with Crippen LogP contribution in [0.3, 0.4) is 0 Å². The number of nitrogens with zero attached hydrogens (tertiary/aromatic N) is 6. The molecule has 11 nitrogen and oxygen atoms in total. The van der Waals surface area contributed by atoms with Crippen LogP contribution in [0.4, 0.5) is 20.3 Å². The van der Waals surface area contributed by atoms with Crippen molar-refractivity contribution in [3.63, 3.8) is 0 Å². The lowest BCUT2D eigenvalue weighted by Gasteiger charge is -2.33. The molecule has 1 fully saturated rings. The largest absolute Gasteiger partial charge is 0.476 e. The number of rotatable bonds is 10. The van der Waals surface area contributed by atoms with Gasteiger partial charge in [-0.05, 0) is 66.8 Å². The monoisotopic (exact) mass is 658 g/mol. The van der Waals surface area contributed by atoms with Crippen LogP contribution in [0, 0.1) is 28.9 Å². The first-order chi connectivity index (χ1) is 22.8. The summed E-state index contributed by atoms with van der Waals surface area (Å²) in [5.41, 5.74) is 2.23. The van der Waals surface area contributed by atoms with E-state index < -0.39 is 24.5 Å². The van der Waals surface area contributed by atoms with Crippen LogP contribution in [0.5, 0.6) is 5.75 Å². The zero-order chi connectivity index (χ0) is 32.9. The number of carbonyl (C=O) groups excluding carboxylic acids is 1. The van der Waals surface area contributed by atoms with Crippen molar-refractivity contribution in [2.24, 2.45) is 5.92 Å². The number of anilines is 2. The smallest absolute Gasteiger partial charge is 0.255 e. The van der Waals surface area contributed by atoms with Crippen LogP contribution in [0.2, 0.25) is 5.02 Å². The molecule has 1 unspecified atom stereocenters. The van der Waals surface area contributed by atoms with Crippen LogP contribution in [-0.4, -0.2) is 61.5 Å². The molecule has 1 aliphatic rings. The van der Waals surface area contributed by atoms with Gasteiger partial charge in [-0.1, -0.05) is 11.6 Å². The zero-order valence-electron chi connectivity index (χ0n) is 24.9. The van der Waals surface area contributed by atoms with Gasteiger partial charge in [-0.3, -0.25) is 19.5 Å². The van der Waals surface area contributed by atoms with Crippen molar-refractivity contribution in [2.75, 3.05) is 31.6 Å². The molecule has 0 radical (unpaired) electrons. The van der Waals surface area contributed by atoms with Crippen molar-refractivity contribution in [3.05, 3.63) is 101 Å². The number of likely N-dealkylation sites (tertiary alicyclic amines) is 1. The van der Waals surface area contributed by atoms with Crippen molar-refractivity contribution in [2.45, 2.75) is 19.1 Å². The molecule has 1 amide bonds. The number of aliphatic hydroxyl groups excluding tert-OH is 1. The van der Waals surface area contributed by atoms with Gasteiger partial charge < -0.3 is 20.1 Å². The molecule has 0 spiro atoms. The van der Waals surface area contributed by atoms with Gasteiger partial charge in [0.2, 0.25) is 5.82 Å². The second-order valence-corrected chi connectivity index (χ2v) is 11.4. The third-order valence-electron chi connectivity index (χ3n) is 8.03. The molecule has 47 heavy (non-hydrogen) atoms. The fraction of sp³-hybridized carbons (Fsp3) is 0.242. The minimum Gasteiger partial charge on any atom is -0.476 e. The molecule has 4 heterocycles. The van der Waals surface area contributed by atoms with Crippen molar-refractivity contribution >= 4 is 34.7 Å². The molecule has 3 aromatic heterocycles. The summed E-state index contributed by atoms with van der Waals surface area (Å²) in [6.45, 7) is 1.35. The number of pyridine rings is 1. The number of halogens is 3. The van der Waals surface area contributed by atoms with Crippen LogP contribution >= 0.6 is 11.6 Å². The highest BCUT2D eigenvalue weighted by atomic mass is 35.5. The Morgan fingerprint density at radius 3 is 2.64 bits per heavy atom. The van der Waals surface area contributed by atoms with E-state index in [0.717, 1.165) is 18.4 Å². The van der Waals surface area contributed by atoms with Crippen LogP contribution in [-0.2, 0) is 0 Å². The first-order valence-electron chi connectivity index (χ1n) is 14.8. The maximum Gasteiger partial charge on any atom is 0.255 e. The Kier molecular flexibility index (Phi) is 9.53. The van der Waals surface area contributed by atoms with Crippen LogP contribution in [0.15, 0.2) is 73.4 Å². The number of amides is 1. The van der Waals surface area contributed by atoms with Crippen LogP contribution in [0.1, 0.15) is 35.0 Å². The molecular weight excluding hydrogens is 630 g/mol. The Hall–Kier alpha value is -5.16. The summed E-state index contributed by atoms with van der Waals surface area (Å²) in [5.74, 6) is -2.23. The van der Waals surface area contributed by atoms with Crippen molar-refractivity contribution in [3.8, 4) is 23.1 Å². The van der Waals surface area contributed by atoms with E-state index in [1.807, 2.05) is 0 Å². The standard InChI is InChI=1S/C33H29ClF2N8O3/c34-25-17-22(1-2-23(25)33(46)43-13-7-20(8-14-43)18-41-32(45)21-5-10-38-11-6-21)42-30-31-40-19-26(44(31)15-12-39-30)24-3-4-27(47-16-9-37)29(36)28(24)35/h1-6,10-12,15,17,19-20,32,41,45H,7-8,13-14,16,18H2,(H,39,42). The molecule has 5 aromatic rings. The molecule has 6 rings (SSSR count). The summed E-state index contributed by atoms with van der Waals surface area (Å²) in [7, 11) is 0. The fourth-order valence-electron chi connectivity index (χ4n) is 5.51. The molecule has 1 aliphatic heterocycles. The number of hydrogen-bond acceptors (Lipinski definition) is 9. The minimum absolute atomic E-state index is 0.0507. The summed E-state index contributed by atoms with van der Waals surface area (Å²) >= 11 is 6.58. The number of imidazole rings is 1. The number of nitriles is 1. The summed E-state index contributed by atoms with van der Waals surface area (Å²) in [6, 6.07) is 12.8. The lowest BCUT2D eigenvalue weighted by atomic mass is 9.96. The number of aromatic nitrogens is 4. The number of carbonyl (C=O) groups is 1. The van der Waals surface area contributed by atoms with Gasteiger partial charge in [0.1, 0.15) is 12.3 Å². The Bertz CT molecular complexity index is 1940. The summed E-state index contributed by atoms with van der Waals surface area (Å²) in [6.07, 6.45) is 8.52. The quantitative estimate of drug-likeness (QED) is 0.166. The summed E-state index contributed by atoms with van der Waals surface area (Å²) in [4.78, 5) is 27.8. The van der Waals surface area contributed by atoms with Gasteiger partial charge in [-0.2, -0.15) is 9.65 Å². The number of piperidine rings is 1. The third-order valence-corrected chi connectivity index (χ3v) is 8.34. The van der Waals surface area contributed by atoms with E-state index in [-0.39, 0.29) is 27.9 Å². The topological polar surface area (TPSA) is 141 Å². The molecule has 0 bridgehead atoms. The highest BCUT2D eigenvalue weighted by Crippen LogP contribution is 2.32. The van der Waals surface area contributed by atoms with Crippen molar-refractivity contribution in [1.29, 1.82) is 5.26 Å². The van der Waals surface area contributed by atoms with Crippen molar-refractivity contribution in [1.82, 2.24) is 29.6 Å². The molecule has 2 aromatic carbocycles. The van der Waals surface area contributed by atoms with Gasteiger partial charge in [0.05, 0.1) is 22.5 Å². The van der Waals surface area contributed by atoms with Gasteiger partial charge in [0.25, 0.3) is 5.91 Å². The highest BCUT2D eigenvalue weighted by Gasteiger charge is 2.26. The second-order valence-electron chi connectivity index (χ2n) is 10.9. The number of ether oxygens (including phenoxy) is 1. The van der Waals surface area contributed by atoms with Crippen LogP contribution in [0.25, 0.3) is 16.9 Å². The molecule has 3 N–H and O–H groups in total. The summed E-state index contributed by atoms with van der Waals surface area (Å²) in [5, 5.41) is 25.6. The zero-order valence-corrected chi connectivity index (χ0v) is 25.7. The third kappa shape index (κ3) is 6.85. The van der Waals surface area contributed by atoms with E-state index in [2.05, 4.69) is 25.6 Å². The number of benzene rings is 2. The number of nitrogens with one attached hydrogen (secondary N) is 2. The SMILES string of the molecule is N#CCOc1ccc(-c2cnc3c(Nc4ccc(C(=O)N5CCC(CNC(O)c6ccncc6)CC5)c(Cl)c4)nccn23)c(F)c1F. The first-order valence-corrected chi connectivity index (χ1v) is 15.2. The van der Waals surface area contributed by atoms with E-state index in [0.29, 0.717) is 48.3 Å². The van der Waals surface area contributed by atoms with Gasteiger partial charge in [0, 0.05) is 55.7 Å². The van der Waals surface area contributed by atoms with E-state index >= 15 is 0 Å². The van der Waals surface area contributed by atoms with E-state index in [9.17, 15) is 18.7 Å². The maximum atomic E-state index is 15.0. The molecule has 240 valence electrons. The molecule has 0 saturated carbocycles. The van der Waals surface area contributed by atoms with Crippen molar-refractivity contribution < 1.29 is 23.4 Å². The highest BCUT2D eigenvalue weighted by molar-refractivity contribution is 6.34. The minimum atomic E-state index is -1.21. The predicted molar refractivity (Wildman–Crippen MR) is 170 cm³/mol. The Morgan fingerprint density at radius 2 is 1.89 bits per heavy atom. The average Bonchev–Trinajstić information content (AvgIpc) is 3.53. The average molecular weight is 659 g/mol. The Balaban J connectivity index is 1.10. The Morgan fingerprint density at radius 1 is 1.11 bits per heavy atom. The normalized spacial score (nSPS) is 14.1. The summed E-state index contributed by atoms with van der Waals surface area (Å²) < 4.78 is 36.1. The maximum absolute atomic E-state index is 15.0. The number of hydrogen-bond donors (Lipinski definition) is 3. The first kappa shape index (κ1) is 31.8. The van der Waals surface area contributed by atoms with Gasteiger partial charge in [-0.25, -0.2) is 14.4 Å². The van der Waals surface area contributed by atoms with E-state index in [1.165, 1.54) is 24.5 Å². The van der Waals surface area contributed by atoms with Gasteiger partial charge in [-0.15, -0.1) is 0 Å². The second kappa shape index (κ2) is 14.1. The number of fused-ring (bicyclic) bond motifs is 1. The molecule has 0 aliphatic carbocycles. The lowest BCUT2D eigenvalue weighted by Crippen LogP contribution is -2.41. The molecule has 1 saturated heterocycles.